The first kappa shape index (κ1) is 16.3. The molecule has 120 valence electrons. The fourth-order valence-corrected chi connectivity index (χ4v) is 2.47. The number of hydrogen-bond acceptors (Lipinski definition) is 3. The topological polar surface area (TPSA) is 58.6 Å². The van der Waals surface area contributed by atoms with Gasteiger partial charge in [0.25, 0.3) is 0 Å². The molecular weight excluding hydrogens is 280 g/mol. The van der Waals surface area contributed by atoms with Gasteiger partial charge in [-0.15, -0.1) is 0 Å². The van der Waals surface area contributed by atoms with E-state index in [1.165, 1.54) is 0 Å². The van der Waals surface area contributed by atoms with Crippen molar-refractivity contribution in [2.24, 2.45) is 11.8 Å². The molecule has 1 aromatic rings. The van der Waals surface area contributed by atoms with Crippen LogP contribution in [-0.4, -0.2) is 31.5 Å². The number of carbonyl (C=O) groups excluding carboxylic acids is 2. The molecule has 1 fully saturated rings. The van der Waals surface area contributed by atoms with E-state index < -0.39 is 0 Å². The number of carbonyl (C=O) groups is 2. The van der Waals surface area contributed by atoms with Crippen molar-refractivity contribution in [2.75, 3.05) is 24.6 Å². The van der Waals surface area contributed by atoms with E-state index in [2.05, 4.69) is 5.32 Å². The Labute approximate surface area is 131 Å². The average molecular weight is 304 g/mol. The number of benzene rings is 1. The van der Waals surface area contributed by atoms with Gasteiger partial charge in [0, 0.05) is 25.2 Å². The van der Waals surface area contributed by atoms with Crippen LogP contribution in [0.2, 0.25) is 0 Å². The minimum absolute atomic E-state index is 0.00569. The van der Waals surface area contributed by atoms with Gasteiger partial charge < -0.3 is 15.0 Å². The van der Waals surface area contributed by atoms with E-state index in [0.29, 0.717) is 25.6 Å². The summed E-state index contributed by atoms with van der Waals surface area (Å²) in [6, 6.07) is 7.41. The monoisotopic (exact) mass is 304 g/mol. The molecule has 5 heteroatoms. The van der Waals surface area contributed by atoms with Crippen LogP contribution in [0.4, 0.5) is 5.69 Å². The minimum atomic E-state index is -0.266. The Balaban J connectivity index is 1.98. The van der Waals surface area contributed by atoms with Crippen LogP contribution in [0.3, 0.4) is 0 Å². The second kappa shape index (κ2) is 7.29. The van der Waals surface area contributed by atoms with Gasteiger partial charge in [-0.2, -0.15) is 0 Å². The Hall–Kier alpha value is -2.04. The zero-order chi connectivity index (χ0) is 16.1. The van der Waals surface area contributed by atoms with E-state index in [9.17, 15) is 9.59 Å². The second-order valence-corrected chi connectivity index (χ2v) is 5.97. The van der Waals surface area contributed by atoms with E-state index >= 15 is 0 Å². The molecule has 0 aromatic heterocycles. The quantitative estimate of drug-likeness (QED) is 0.876. The van der Waals surface area contributed by atoms with Crippen molar-refractivity contribution in [3.8, 4) is 5.75 Å². The van der Waals surface area contributed by atoms with Crippen LogP contribution in [0.5, 0.6) is 5.75 Å². The molecule has 1 aliphatic heterocycles. The highest BCUT2D eigenvalue weighted by atomic mass is 16.5. The van der Waals surface area contributed by atoms with Gasteiger partial charge in [0.05, 0.1) is 12.5 Å². The van der Waals surface area contributed by atoms with Gasteiger partial charge in [0.2, 0.25) is 11.8 Å². The lowest BCUT2D eigenvalue weighted by atomic mass is 10.1. The number of nitrogens with zero attached hydrogens (tertiary/aromatic N) is 1. The fraction of sp³-hybridized carbons (Fsp3) is 0.529. The lowest BCUT2D eigenvalue weighted by Gasteiger charge is -2.17. The Morgan fingerprint density at radius 3 is 2.64 bits per heavy atom. The first-order valence-corrected chi connectivity index (χ1v) is 7.82. The molecule has 1 saturated heterocycles. The highest BCUT2D eigenvalue weighted by Gasteiger charge is 2.34. The van der Waals surface area contributed by atoms with Crippen LogP contribution >= 0.6 is 0 Å². The lowest BCUT2D eigenvalue weighted by molar-refractivity contribution is -0.126. The maximum Gasteiger partial charge on any atom is 0.227 e. The van der Waals surface area contributed by atoms with Gasteiger partial charge in [0.1, 0.15) is 5.75 Å². The Bertz CT molecular complexity index is 525. The van der Waals surface area contributed by atoms with Crippen molar-refractivity contribution >= 4 is 17.5 Å². The zero-order valence-electron chi connectivity index (χ0n) is 13.5. The third-order valence-electron chi connectivity index (χ3n) is 3.64. The van der Waals surface area contributed by atoms with Crippen molar-refractivity contribution in [1.82, 2.24) is 5.32 Å². The molecule has 5 nitrogen and oxygen atoms in total. The molecule has 1 N–H and O–H groups in total. The molecule has 1 unspecified atom stereocenters. The molecule has 2 rings (SSSR count). The molecule has 0 aliphatic carbocycles. The van der Waals surface area contributed by atoms with Gasteiger partial charge in [-0.05, 0) is 37.1 Å². The highest BCUT2D eigenvalue weighted by Crippen LogP contribution is 2.27. The molecule has 0 spiro atoms. The van der Waals surface area contributed by atoms with Crippen molar-refractivity contribution in [2.45, 2.75) is 27.2 Å². The van der Waals surface area contributed by atoms with Gasteiger partial charge >= 0.3 is 0 Å². The molecule has 22 heavy (non-hydrogen) atoms. The fourth-order valence-electron chi connectivity index (χ4n) is 2.47. The van der Waals surface area contributed by atoms with Gasteiger partial charge in [-0.25, -0.2) is 0 Å². The average Bonchev–Trinajstić information content (AvgIpc) is 2.88. The number of amides is 2. The van der Waals surface area contributed by atoms with E-state index in [0.717, 1.165) is 11.4 Å². The van der Waals surface area contributed by atoms with Crippen LogP contribution in [-0.2, 0) is 9.59 Å². The summed E-state index contributed by atoms with van der Waals surface area (Å²) in [6.45, 7) is 7.72. The molecule has 0 radical (unpaired) electrons. The molecule has 1 heterocycles. The summed E-state index contributed by atoms with van der Waals surface area (Å²) < 4.78 is 5.40. The lowest BCUT2D eigenvalue weighted by Crippen LogP contribution is -2.34. The first-order chi connectivity index (χ1) is 10.5. The Morgan fingerprint density at radius 2 is 2.05 bits per heavy atom. The van der Waals surface area contributed by atoms with Gasteiger partial charge in [0.15, 0.2) is 0 Å². The van der Waals surface area contributed by atoms with E-state index in [-0.39, 0.29) is 24.2 Å². The summed E-state index contributed by atoms with van der Waals surface area (Å²) in [5.41, 5.74) is 0.813. The van der Waals surface area contributed by atoms with Crippen LogP contribution < -0.4 is 15.0 Å². The van der Waals surface area contributed by atoms with Gasteiger partial charge in [-0.3, -0.25) is 9.59 Å². The predicted octanol–water partition coefficient (Wildman–Crippen LogP) is 2.21. The van der Waals surface area contributed by atoms with Crippen molar-refractivity contribution in [3.63, 3.8) is 0 Å². The van der Waals surface area contributed by atoms with Crippen LogP contribution in [0.15, 0.2) is 24.3 Å². The Morgan fingerprint density at radius 1 is 1.36 bits per heavy atom. The Kier molecular flexibility index (Phi) is 5.41. The summed E-state index contributed by atoms with van der Waals surface area (Å²) in [5.74, 6) is 0.884. The SMILES string of the molecule is CCOc1ccc(N2CC(C(=O)NCC(C)C)CC2=O)cc1. The first-order valence-electron chi connectivity index (χ1n) is 7.82. The van der Waals surface area contributed by atoms with Crippen molar-refractivity contribution < 1.29 is 14.3 Å². The summed E-state index contributed by atoms with van der Waals surface area (Å²) in [6.07, 6.45) is 0.275. The van der Waals surface area contributed by atoms with Gasteiger partial charge in [-0.1, -0.05) is 13.8 Å². The molecule has 2 amide bonds. The largest absolute Gasteiger partial charge is 0.494 e. The van der Waals surface area contributed by atoms with Crippen molar-refractivity contribution in [3.05, 3.63) is 24.3 Å². The van der Waals surface area contributed by atoms with E-state index in [4.69, 9.17) is 4.74 Å². The summed E-state index contributed by atoms with van der Waals surface area (Å²) in [7, 11) is 0. The minimum Gasteiger partial charge on any atom is -0.494 e. The summed E-state index contributed by atoms with van der Waals surface area (Å²) in [4.78, 5) is 25.9. The molecule has 0 saturated carbocycles. The maximum absolute atomic E-state index is 12.2. The molecule has 1 aromatic carbocycles. The predicted molar refractivity (Wildman–Crippen MR) is 85.9 cm³/mol. The normalized spacial score (nSPS) is 17.9. The smallest absolute Gasteiger partial charge is 0.227 e. The number of rotatable bonds is 6. The van der Waals surface area contributed by atoms with E-state index in [1.54, 1.807) is 4.90 Å². The third-order valence-corrected chi connectivity index (χ3v) is 3.64. The van der Waals surface area contributed by atoms with Crippen molar-refractivity contribution in [1.29, 1.82) is 0 Å². The molecule has 1 atom stereocenters. The van der Waals surface area contributed by atoms with Crippen LogP contribution in [0, 0.1) is 11.8 Å². The number of nitrogens with one attached hydrogen (secondary N) is 1. The van der Waals surface area contributed by atoms with Crippen LogP contribution in [0.1, 0.15) is 27.2 Å². The zero-order valence-corrected chi connectivity index (χ0v) is 13.5. The van der Waals surface area contributed by atoms with Crippen LogP contribution in [0.25, 0.3) is 0 Å². The summed E-state index contributed by atoms with van der Waals surface area (Å²) in [5, 5.41) is 2.90. The third kappa shape index (κ3) is 4.00. The summed E-state index contributed by atoms with van der Waals surface area (Å²) >= 11 is 0. The maximum atomic E-state index is 12.2. The molecule has 0 bridgehead atoms. The number of anilines is 1. The second-order valence-electron chi connectivity index (χ2n) is 5.97. The standard InChI is InChI=1S/C17H24N2O3/c1-4-22-15-7-5-14(6-8-15)19-11-13(9-16(19)20)17(21)18-10-12(2)3/h5-8,12-13H,4,9-11H2,1-3H3,(H,18,21). The number of hydrogen-bond donors (Lipinski definition) is 1. The molecule has 1 aliphatic rings. The molecular formula is C17H24N2O3. The number of ether oxygens (including phenoxy) is 1. The highest BCUT2D eigenvalue weighted by molar-refractivity contribution is 6.00. The van der Waals surface area contributed by atoms with E-state index in [1.807, 2.05) is 45.0 Å².